The minimum absolute atomic E-state index is 0.557. The zero-order valence-electron chi connectivity index (χ0n) is 6.76. The number of allylic oxidation sites excluding steroid dienone is 3. The maximum absolute atomic E-state index is 5.41. The van der Waals surface area contributed by atoms with E-state index in [2.05, 4.69) is 4.99 Å². The van der Waals surface area contributed by atoms with Gasteiger partial charge in [-0.25, -0.2) is 4.99 Å². The highest BCUT2D eigenvalue weighted by atomic mass is 14.9. The molecule has 0 bridgehead atoms. The molecule has 0 amide bonds. The molecular formula is C8H14N2. The van der Waals surface area contributed by atoms with E-state index in [9.17, 15) is 0 Å². The summed E-state index contributed by atoms with van der Waals surface area (Å²) in [5.74, 6) is 0.557. The largest absolute Gasteiger partial charge is 0.384 e. The van der Waals surface area contributed by atoms with Crippen molar-refractivity contribution in [3.63, 3.8) is 0 Å². The van der Waals surface area contributed by atoms with Gasteiger partial charge in [0, 0.05) is 6.21 Å². The van der Waals surface area contributed by atoms with Crippen LogP contribution in [0.5, 0.6) is 0 Å². The monoisotopic (exact) mass is 138 g/mol. The van der Waals surface area contributed by atoms with Crippen LogP contribution >= 0.6 is 0 Å². The third-order valence-corrected chi connectivity index (χ3v) is 1.17. The smallest absolute Gasteiger partial charge is 0.118 e. The van der Waals surface area contributed by atoms with Gasteiger partial charge in [0.2, 0.25) is 0 Å². The molecule has 0 aliphatic rings. The lowest BCUT2D eigenvalue weighted by atomic mass is 10.3. The van der Waals surface area contributed by atoms with E-state index in [0.29, 0.717) is 5.82 Å². The van der Waals surface area contributed by atoms with Gasteiger partial charge < -0.3 is 5.73 Å². The maximum Gasteiger partial charge on any atom is 0.118 e. The van der Waals surface area contributed by atoms with E-state index in [-0.39, 0.29) is 0 Å². The second-order valence-electron chi connectivity index (χ2n) is 2.00. The van der Waals surface area contributed by atoms with Crippen LogP contribution < -0.4 is 5.73 Å². The minimum atomic E-state index is 0.557. The molecule has 0 saturated carbocycles. The van der Waals surface area contributed by atoms with E-state index in [1.54, 1.807) is 12.3 Å². The van der Waals surface area contributed by atoms with Crippen LogP contribution in [0.3, 0.4) is 0 Å². The first-order valence-electron chi connectivity index (χ1n) is 3.29. The molecule has 2 nitrogen and oxygen atoms in total. The summed E-state index contributed by atoms with van der Waals surface area (Å²) in [6.45, 7) is 5.80. The van der Waals surface area contributed by atoms with Crippen molar-refractivity contribution in [1.29, 1.82) is 0 Å². The van der Waals surface area contributed by atoms with Crippen molar-refractivity contribution in [2.24, 2.45) is 10.7 Å². The fraction of sp³-hybridized carbons (Fsp3) is 0.375. The summed E-state index contributed by atoms with van der Waals surface area (Å²) >= 11 is 0. The summed E-state index contributed by atoms with van der Waals surface area (Å²) in [5.41, 5.74) is 6.53. The molecule has 0 unspecified atom stereocenters. The van der Waals surface area contributed by atoms with Crippen LogP contribution in [0.1, 0.15) is 20.8 Å². The Morgan fingerprint density at radius 1 is 1.30 bits per heavy atom. The van der Waals surface area contributed by atoms with Crippen LogP contribution in [0.4, 0.5) is 0 Å². The first-order chi connectivity index (χ1) is 4.70. The number of rotatable bonds is 2. The van der Waals surface area contributed by atoms with E-state index in [1.165, 1.54) is 0 Å². The van der Waals surface area contributed by atoms with E-state index in [1.807, 2.05) is 26.8 Å². The fourth-order valence-electron chi connectivity index (χ4n) is 0.325. The Balaban J connectivity index is 4.01. The molecule has 2 N–H and O–H groups in total. The molecule has 0 saturated heterocycles. The highest BCUT2D eigenvalue weighted by Crippen LogP contribution is 1.89. The minimum Gasteiger partial charge on any atom is -0.384 e. The third-order valence-electron chi connectivity index (χ3n) is 1.17. The van der Waals surface area contributed by atoms with Gasteiger partial charge in [-0.05, 0) is 32.4 Å². The first kappa shape index (κ1) is 8.95. The summed E-state index contributed by atoms with van der Waals surface area (Å²) in [7, 11) is 0. The molecule has 0 aliphatic carbocycles. The molecule has 0 radical (unpaired) electrons. The average Bonchev–Trinajstić information content (AvgIpc) is 1.99. The molecule has 0 rings (SSSR count). The molecule has 0 heterocycles. The van der Waals surface area contributed by atoms with E-state index < -0.39 is 0 Å². The zero-order valence-corrected chi connectivity index (χ0v) is 6.76. The van der Waals surface area contributed by atoms with Crippen molar-refractivity contribution >= 4 is 6.21 Å². The molecule has 10 heavy (non-hydrogen) atoms. The van der Waals surface area contributed by atoms with Gasteiger partial charge in [-0.1, -0.05) is 6.08 Å². The molecule has 56 valence electrons. The Labute approximate surface area is 62.1 Å². The van der Waals surface area contributed by atoms with E-state index in [0.717, 1.165) is 5.57 Å². The summed E-state index contributed by atoms with van der Waals surface area (Å²) in [6, 6.07) is 0. The maximum atomic E-state index is 5.41. The van der Waals surface area contributed by atoms with Crippen molar-refractivity contribution in [3.8, 4) is 0 Å². The Kier molecular flexibility index (Phi) is 4.29. The fourth-order valence-corrected chi connectivity index (χ4v) is 0.325. The van der Waals surface area contributed by atoms with Crippen LogP contribution in [0.2, 0.25) is 0 Å². The van der Waals surface area contributed by atoms with Gasteiger partial charge in [0.05, 0.1) is 0 Å². The second kappa shape index (κ2) is 4.79. The van der Waals surface area contributed by atoms with Gasteiger partial charge in [-0.3, -0.25) is 0 Å². The highest BCUT2D eigenvalue weighted by Gasteiger charge is 1.79. The second-order valence-corrected chi connectivity index (χ2v) is 2.00. The van der Waals surface area contributed by atoms with Crippen LogP contribution in [-0.2, 0) is 0 Å². The molecule has 0 spiro atoms. The van der Waals surface area contributed by atoms with Crippen LogP contribution in [0.15, 0.2) is 28.5 Å². The standard InChI is InChI=1S/C8H14N2/c1-4-7(3)6-10-8(9)5-2/h4-6H,9H2,1-3H3/b7-4+,8-5-,10-6+. The average molecular weight is 138 g/mol. The quantitative estimate of drug-likeness (QED) is 0.581. The van der Waals surface area contributed by atoms with Gasteiger partial charge in [0.25, 0.3) is 0 Å². The molecular weight excluding hydrogens is 124 g/mol. The number of nitrogens with zero attached hydrogens (tertiary/aromatic N) is 1. The SMILES string of the molecule is C\C=C(N)/N=C/C(C)=C/C. The van der Waals surface area contributed by atoms with Crippen molar-refractivity contribution in [2.45, 2.75) is 20.8 Å². The number of nitrogens with two attached hydrogens (primary N) is 1. The van der Waals surface area contributed by atoms with Gasteiger partial charge in [0.15, 0.2) is 0 Å². The van der Waals surface area contributed by atoms with Gasteiger partial charge in [0.1, 0.15) is 5.82 Å². The Hall–Kier alpha value is -1.05. The van der Waals surface area contributed by atoms with Crippen molar-refractivity contribution in [1.82, 2.24) is 0 Å². The highest BCUT2D eigenvalue weighted by molar-refractivity contribution is 5.78. The summed E-state index contributed by atoms with van der Waals surface area (Å²) in [5, 5.41) is 0. The Bertz CT molecular complexity index is 156. The molecule has 2 heteroatoms. The van der Waals surface area contributed by atoms with E-state index >= 15 is 0 Å². The van der Waals surface area contributed by atoms with Crippen molar-refractivity contribution in [2.75, 3.05) is 0 Å². The van der Waals surface area contributed by atoms with Crippen LogP contribution in [0.25, 0.3) is 0 Å². The molecule has 0 atom stereocenters. The zero-order chi connectivity index (χ0) is 7.98. The summed E-state index contributed by atoms with van der Waals surface area (Å²) in [4.78, 5) is 3.96. The molecule has 0 aromatic rings. The third kappa shape index (κ3) is 3.89. The van der Waals surface area contributed by atoms with Crippen LogP contribution in [-0.4, -0.2) is 6.21 Å². The number of aliphatic imine (C=N–C) groups is 1. The lowest BCUT2D eigenvalue weighted by Gasteiger charge is -1.89. The summed E-state index contributed by atoms with van der Waals surface area (Å²) in [6.07, 6.45) is 5.49. The number of hydrogen-bond donors (Lipinski definition) is 1. The van der Waals surface area contributed by atoms with Gasteiger partial charge >= 0.3 is 0 Å². The Morgan fingerprint density at radius 2 is 1.90 bits per heavy atom. The topological polar surface area (TPSA) is 38.4 Å². The molecule has 0 aliphatic heterocycles. The lowest BCUT2D eigenvalue weighted by molar-refractivity contribution is 1.23. The van der Waals surface area contributed by atoms with Crippen molar-refractivity contribution in [3.05, 3.63) is 23.5 Å². The Morgan fingerprint density at radius 3 is 2.30 bits per heavy atom. The predicted molar refractivity (Wildman–Crippen MR) is 45.9 cm³/mol. The lowest BCUT2D eigenvalue weighted by Crippen LogP contribution is -1.92. The van der Waals surface area contributed by atoms with Crippen molar-refractivity contribution < 1.29 is 0 Å². The molecule has 0 aromatic heterocycles. The number of hydrogen-bond acceptors (Lipinski definition) is 2. The molecule has 0 aromatic carbocycles. The van der Waals surface area contributed by atoms with E-state index in [4.69, 9.17) is 5.73 Å². The van der Waals surface area contributed by atoms with Gasteiger partial charge in [-0.15, -0.1) is 0 Å². The normalized spacial score (nSPS) is 14.7. The predicted octanol–water partition coefficient (Wildman–Crippen LogP) is 1.84. The summed E-state index contributed by atoms with van der Waals surface area (Å²) < 4.78 is 0. The van der Waals surface area contributed by atoms with Gasteiger partial charge in [-0.2, -0.15) is 0 Å². The van der Waals surface area contributed by atoms with Crippen LogP contribution in [0, 0.1) is 0 Å². The molecule has 0 fully saturated rings. The first-order valence-corrected chi connectivity index (χ1v) is 3.29.